The van der Waals surface area contributed by atoms with Gasteiger partial charge in [-0.15, -0.1) is 0 Å². The number of aliphatic hydroxyl groups excluding tert-OH is 1. The number of nitrogens with zero attached hydrogens (tertiary/aromatic N) is 1. The molecule has 2 rings (SSSR count). The Morgan fingerprint density at radius 3 is 2.32 bits per heavy atom. The summed E-state index contributed by atoms with van der Waals surface area (Å²) in [5.74, 6) is 0.213. The molecular formula is C16H26N2O3S. The van der Waals surface area contributed by atoms with Gasteiger partial charge in [0.05, 0.1) is 12.4 Å². The minimum absolute atomic E-state index is 0.0730. The lowest BCUT2D eigenvalue weighted by molar-refractivity contribution is 0.200. The van der Waals surface area contributed by atoms with Gasteiger partial charge in [0, 0.05) is 25.7 Å². The second kappa shape index (κ2) is 8.06. The van der Waals surface area contributed by atoms with Crippen LogP contribution in [0.5, 0.6) is 0 Å². The number of aliphatic hydroxyl groups is 1. The summed E-state index contributed by atoms with van der Waals surface area (Å²) in [5.41, 5.74) is 2.15. The van der Waals surface area contributed by atoms with Crippen molar-refractivity contribution in [3.63, 3.8) is 0 Å². The Labute approximate surface area is 133 Å². The third-order valence-electron chi connectivity index (χ3n) is 4.02. The SMILES string of the molecule is CCCS(=O)(=O)NC1CCN(Cc2ccc(CO)cc2)CC1. The Hall–Kier alpha value is -0.950. The van der Waals surface area contributed by atoms with Crippen molar-refractivity contribution in [2.75, 3.05) is 18.8 Å². The molecule has 0 aromatic heterocycles. The molecule has 2 N–H and O–H groups in total. The molecule has 0 bridgehead atoms. The minimum Gasteiger partial charge on any atom is -0.392 e. The molecule has 0 aliphatic carbocycles. The number of sulfonamides is 1. The van der Waals surface area contributed by atoms with E-state index in [1.807, 2.05) is 31.2 Å². The van der Waals surface area contributed by atoms with Crippen molar-refractivity contribution in [1.29, 1.82) is 0 Å². The normalized spacial score (nSPS) is 17.7. The molecule has 0 spiro atoms. The van der Waals surface area contributed by atoms with Gasteiger partial charge in [-0.25, -0.2) is 13.1 Å². The summed E-state index contributed by atoms with van der Waals surface area (Å²) in [6.07, 6.45) is 2.37. The first-order valence-corrected chi connectivity index (χ1v) is 9.58. The standard InChI is InChI=1S/C16H26N2O3S/c1-2-11-22(20,21)17-16-7-9-18(10-8-16)12-14-3-5-15(13-19)6-4-14/h3-6,16-17,19H,2,7-13H2,1H3. The van der Waals surface area contributed by atoms with Crippen LogP contribution in [0.3, 0.4) is 0 Å². The maximum absolute atomic E-state index is 11.8. The quantitative estimate of drug-likeness (QED) is 0.796. The van der Waals surface area contributed by atoms with E-state index in [2.05, 4.69) is 9.62 Å². The first-order chi connectivity index (χ1) is 10.5. The molecule has 1 saturated heterocycles. The highest BCUT2D eigenvalue weighted by molar-refractivity contribution is 7.89. The zero-order chi connectivity index (χ0) is 16.0. The van der Waals surface area contributed by atoms with Crippen LogP contribution >= 0.6 is 0 Å². The fourth-order valence-corrected chi connectivity index (χ4v) is 4.20. The number of nitrogens with one attached hydrogen (secondary N) is 1. The van der Waals surface area contributed by atoms with Crippen LogP contribution in [-0.2, 0) is 23.2 Å². The van der Waals surface area contributed by atoms with Crippen LogP contribution in [0.25, 0.3) is 0 Å². The van der Waals surface area contributed by atoms with E-state index in [-0.39, 0.29) is 18.4 Å². The molecule has 0 atom stereocenters. The van der Waals surface area contributed by atoms with Gasteiger partial charge in [-0.1, -0.05) is 31.2 Å². The molecule has 0 radical (unpaired) electrons. The van der Waals surface area contributed by atoms with E-state index in [9.17, 15) is 8.42 Å². The van der Waals surface area contributed by atoms with Gasteiger partial charge in [-0.3, -0.25) is 4.90 Å². The summed E-state index contributed by atoms with van der Waals surface area (Å²) < 4.78 is 26.4. The van der Waals surface area contributed by atoms with Gasteiger partial charge >= 0.3 is 0 Å². The second-order valence-corrected chi connectivity index (χ2v) is 7.84. The smallest absolute Gasteiger partial charge is 0.211 e. The average molecular weight is 326 g/mol. The van der Waals surface area contributed by atoms with Gasteiger partial charge in [0.15, 0.2) is 0 Å². The summed E-state index contributed by atoms with van der Waals surface area (Å²) in [4.78, 5) is 2.35. The topological polar surface area (TPSA) is 69.6 Å². The van der Waals surface area contributed by atoms with E-state index in [0.29, 0.717) is 6.42 Å². The highest BCUT2D eigenvalue weighted by atomic mass is 32.2. The molecule has 1 heterocycles. The van der Waals surface area contributed by atoms with Crippen LogP contribution in [0.4, 0.5) is 0 Å². The number of hydrogen-bond donors (Lipinski definition) is 2. The molecule has 22 heavy (non-hydrogen) atoms. The molecule has 1 fully saturated rings. The Bertz CT molecular complexity index is 549. The van der Waals surface area contributed by atoms with E-state index in [0.717, 1.165) is 38.0 Å². The number of piperidine rings is 1. The summed E-state index contributed by atoms with van der Waals surface area (Å²) in [5, 5.41) is 9.04. The third-order valence-corrected chi connectivity index (χ3v) is 5.66. The molecule has 124 valence electrons. The van der Waals surface area contributed by atoms with Crippen LogP contribution in [0.15, 0.2) is 24.3 Å². The van der Waals surface area contributed by atoms with Gasteiger partial charge < -0.3 is 5.11 Å². The molecular weight excluding hydrogens is 300 g/mol. The maximum atomic E-state index is 11.8. The van der Waals surface area contributed by atoms with Crippen molar-refractivity contribution in [3.8, 4) is 0 Å². The highest BCUT2D eigenvalue weighted by Crippen LogP contribution is 2.15. The molecule has 1 aliphatic rings. The summed E-state index contributed by atoms with van der Waals surface area (Å²) in [6.45, 7) is 4.63. The van der Waals surface area contributed by atoms with E-state index in [4.69, 9.17) is 5.11 Å². The third kappa shape index (κ3) is 5.35. The van der Waals surface area contributed by atoms with Gasteiger partial charge in [-0.05, 0) is 30.4 Å². The first-order valence-electron chi connectivity index (χ1n) is 7.93. The fraction of sp³-hybridized carbons (Fsp3) is 0.625. The largest absolute Gasteiger partial charge is 0.392 e. The van der Waals surface area contributed by atoms with E-state index in [1.165, 1.54) is 5.56 Å². The van der Waals surface area contributed by atoms with Crippen molar-refractivity contribution in [2.24, 2.45) is 0 Å². The van der Waals surface area contributed by atoms with Crippen molar-refractivity contribution in [2.45, 2.75) is 45.4 Å². The summed E-state index contributed by atoms with van der Waals surface area (Å²) >= 11 is 0. The highest BCUT2D eigenvalue weighted by Gasteiger charge is 2.22. The zero-order valence-electron chi connectivity index (χ0n) is 13.2. The number of hydrogen-bond acceptors (Lipinski definition) is 4. The summed E-state index contributed by atoms with van der Waals surface area (Å²) in [7, 11) is -3.11. The molecule has 0 amide bonds. The number of likely N-dealkylation sites (tertiary alicyclic amines) is 1. The molecule has 1 aliphatic heterocycles. The lowest BCUT2D eigenvalue weighted by Crippen LogP contribution is -2.44. The Kier molecular flexibility index (Phi) is 6.37. The van der Waals surface area contributed by atoms with Gasteiger partial charge in [0.1, 0.15) is 0 Å². The number of rotatable bonds is 7. The maximum Gasteiger partial charge on any atom is 0.211 e. The molecule has 0 unspecified atom stereocenters. The fourth-order valence-electron chi connectivity index (χ4n) is 2.80. The predicted octanol–water partition coefficient (Wildman–Crippen LogP) is 1.47. The summed E-state index contributed by atoms with van der Waals surface area (Å²) in [6, 6.07) is 8.05. The molecule has 0 saturated carbocycles. The van der Waals surface area contributed by atoms with Gasteiger partial charge in [0.25, 0.3) is 0 Å². The van der Waals surface area contributed by atoms with Gasteiger partial charge in [0.2, 0.25) is 10.0 Å². The monoisotopic (exact) mass is 326 g/mol. The molecule has 5 nitrogen and oxygen atoms in total. The van der Waals surface area contributed by atoms with E-state index in [1.54, 1.807) is 0 Å². The lowest BCUT2D eigenvalue weighted by Gasteiger charge is -2.32. The van der Waals surface area contributed by atoms with Crippen LogP contribution in [0.2, 0.25) is 0 Å². The Morgan fingerprint density at radius 2 is 1.77 bits per heavy atom. The van der Waals surface area contributed by atoms with E-state index < -0.39 is 10.0 Å². The van der Waals surface area contributed by atoms with Crippen LogP contribution in [0.1, 0.15) is 37.3 Å². The van der Waals surface area contributed by atoms with Crippen molar-refractivity contribution in [1.82, 2.24) is 9.62 Å². The molecule has 1 aromatic carbocycles. The van der Waals surface area contributed by atoms with Crippen LogP contribution in [0, 0.1) is 0 Å². The van der Waals surface area contributed by atoms with Crippen LogP contribution < -0.4 is 4.72 Å². The predicted molar refractivity (Wildman–Crippen MR) is 87.9 cm³/mol. The average Bonchev–Trinajstić information content (AvgIpc) is 2.49. The Balaban J connectivity index is 1.79. The van der Waals surface area contributed by atoms with E-state index >= 15 is 0 Å². The Morgan fingerprint density at radius 1 is 1.18 bits per heavy atom. The second-order valence-electron chi connectivity index (χ2n) is 5.96. The lowest BCUT2D eigenvalue weighted by atomic mass is 10.0. The van der Waals surface area contributed by atoms with Crippen molar-refractivity contribution >= 4 is 10.0 Å². The van der Waals surface area contributed by atoms with Gasteiger partial charge in [-0.2, -0.15) is 0 Å². The molecule has 1 aromatic rings. The minimum atomic E-state index is -3.11. The zero-order valence-corrected chi connectivity index (χ0v) is 14.0. The van der Waals surface area contributed by atoms with Crippen LogP contribution in [-0.4, -0.2) is 43.3 Å². The van der Waals surface area contributed by atoms with Crippen molar-refractivity contribution < 1.29 is 13.5 Å². The van der Waals surface area contributed by atoms with Crippen molar-refractivity contribution in [3.05, 3.63) is 35.4 Å². The molecule has 6 heteroatoms. The number of benzene rings is 1. The first kappa shape index (κ1) is 17.4.